The van der Waals surface area contributed by atoms with Crippen LogP contribution in [0.1, 0.15) is 25.7 Å². The molecular weight excluding hydrogens is 144 g/mol. The first-order chi connectivity index (χ1) is 4.91. The van der Waals surface area contributed by atoms with Crippen molar-refractivity contribution in [2.45, 2.75) is 25.7 Å². The highest BCUT2D eigenvalue weighted by Gasteiger charge is 1.83. The van der Waals surface area contributed by atoms with E-state index >= 15 is 0 Å². The number of hydrogen-bond acceptors (Lipinski definition) is 0. The smallest absolute Gasteiger partial charge is 0.0223 e. The fourth-order valence-corrected chi connectivity index (χ4v) is 0.915. The third kappa shape index (κ3) is 7.77. The van der Waals surface area contributed by atoms with Gasteiger partial charge < -0.3 is 0 Å². The van der Waals surface area contributed by atoms with E-state index in [0.717, 1.165) is 18.7 Å². The summed E-state index contributed by atoms with van der Waals surface area (Å²) in [6.45, 7) is 3.59. The van der Waals surface area contributed by atoms with Gasteiger partial charge in [-0.15, -0.1) is 11.6 Å². The summed E-state index contributed by atoms with van der Waals surface area (Å²) in [5.74, 6) is 0.797. The fraction of sp³-hybridized carbons (Fsp3) is 0.556. The highest BCUT2D eigenvalue weighted by molar-refractivity contribution is 6.17. The van der Waals surface area contributed by atoms with E-state index in [1.165, 1.54) is 12.8 Å². The fourth-order valence-electron chi connectivity index (χ4n) is 0.726. The molecule has 0 aliphatic rings. The summed E-state index contributed by atoms with van der Waals surface area (Å²) >= 11 is 5.51. The molecular formula is C9H15Cl. The maximum absolute atomic E-state index is 5.51. The van der Waals surface area contributed by atoms with Gasteiger partial charge in [0, 0.05) is 5.88 Å². The molecule has 58 valence electrons. The molecule has 0 aliphatic heterocycles. The summed E-state index contributed by atoms with van der Waals surface area (Å²) in [4.78, 5) is 0. The lowest BCUT2D eigenvalue weighted by molar-refractivity contribution is 0.732. The van der Waals surface area contributed by atoms with E-state index in [1.54, 1.807) is 0 Å². The predicted octanol–water partition coefficient (Wildman–Crippen LogP) is 3.53. The molecule has 0 aromatic carbocycles. The zero-order valence-electron chi connectivity index (χ0n) is 6.35. The van der Waals surface area contributed by atoms with Crippen molar-refractivity contribution in [1.82, 2.24) is 0 Å². The van der Waals surface area contributed by atoms with Gasteiger partial charge in [0.05, 0.1) is 0 Å². The van der Waals surface area contributed by atoms with Crippen LogP contribution in [-0.2, 0) is 0 Å². The molecule has 0 saturated carbocycles. The molecule has 0 unspecified atom stereocenters. The zero-order valence-corrected chi connectivity index (χ0v) is 7.11. The molecule has 0 bridgehead atoms. The summed E-state index contributed by atoms with van der Waals surface area (Å²) in [6, 6.07) is 0. The lowest BCUT2D eigenvalue weighted by Gasteiger charge is -1.91. The van der Waals surface area contributed by atoms with Gasteiger partial charge in [-0.25, -0.2) is 0 Å². The topological polar surface area (TPSA) is 0 Å². The Hall–Kier alpha value is -0.230. The second-order valence-electron chi connectivity index (χ2n) is 2.20. The van der Waals surface area contributed by atoms with Gasteiger partial charge in [0.25, 0.3) is 0 Å². The molecule has 0 amide bonds. The Kier molecular flexibility index (Phi) is 8.57. The van der Waals surface area contributed by atoms with Crippen LogP contribution < -0.4 is 0 Å². The number of rotatable bonds is 6. The highest BCUT2D eigenvalue weighted by atomic mass is 35.5. The minimum absolute atomic E-state index is 0.797. The molecule has 0 aliphatic carbocycles. The van der Waals surface area contributed by atoms with Crippen molar-refractivity contribution in [2.24, 2.45) is 0 Å². The largest absolute Gasteiger partial charge is 0.127 e. The molecule has 0 aromatic rings. The Labute approximate surface area is 68.6 Å². The third-order valence-electron chi connectivity index (χ3n) is 1.28. The van der Waals surface area contributed by atoms with Crippen LogP contribution in [0.5, 0.6) is 0 Å². The number of allylic oxidation sites excluding steroid dienone is 3. The first-order valence-corrected chi connectivity index (χ1v) is 4.28. The molecule has 0 radical (unpaired) electrons. The van der Waals surface area contributed by atoms with Crippen molar-refractivity contribution in [1.29, 1.82) is 0 Å². The summed E-state index contributed by atoms with van der Waals surface area (Å²) in [6.07, 6.45) is 10.7. The van der Waals surface area contributed by atoms with E-state index < -0.39 is 0 Å². The molecule has 0 N–H and O–H groups in total. The zero-order chi connectivity index (χ0) is 7.66. The van der Waals surface area contributed by atoms with Crippen molar-refractivity contribution in [2.75, 3.05) is 5.88 Å². The lowest BCUT2D eigenvalue weighted by atomic mass is 10.2. The molecule has 0 fully saturated rings. The second kappa shape index (κ2) is 8.77. The van der Waals surface area contributed by atoms with E-state index in [4.69, 9.17) is 11.6 Å². The Bertz CT molecular complexity index is 94.9. The molecule has 0 atom stereocenters. The molecule has 0 saturated heterocycles. The molecule has 0 spiro atoms. The van der Waals surface area contributed by atoms with Gasteiger partial charge in [-0.05, 0) is 19.3 Å². The quantitative estimate of drug-likeness (QED) is 0.315. The highest BCUT2D eigenvalue weighted by Crippen LogP contribution is 2.01. The van der Waals surface area contributed by atoms with Crippen molar-refractivity contribution in [3.8, 4) is 0 Å². The van der Waals surface area contributed by atoms with Crippen LogP contribution in [0.2, 0.25) is 0 Å². The number of hydrogen-bond donors (Lipinski definition) is 0. The predicted molar refractivity (Wildman–Crippen MR) is 48.5 cm³/mol. The summed E-state index contributed by atoms with van der Waals surface area (Å²) in [5, 5.41) is 0. The standard InChI is InChI=1S/C9H15Cl/c1-2-3-4-5-6-7-8-9-10/h2-4H,1,5-9H2/b4-3+. The van der Waals surface area contributed by atoms with E-state index in [0.29, 0.717) is 0 Å². The van der Waals surface area contributed by atoms with Gasteiger partial charge in [0.15, 0.2) is 0 Å². The Morgan fingerprint density at radius 3 is 2.60 bits per heavy atom. The van der Waals surface area contributed by atoms with E-state index in [9.17, 15) is 0 Å². The number of alkyl halides is 1. The maximum Gasteiger partial charge on any atom is 0.0223 e. The van der Waals surface area contributed by atoms with Gasteiger partial charge in [0.1, 0.15) is 0 Å². The second-order valence-corrected chi connectivity index (χ2v) is 2.58. The monoisotopic (exact) mass is 158 g/mol. The normalized spacial score (nSPS) is 10.5. The van der Waals surface area contributed by atoms with Crippen LogP contribution in [0, 0.1) is 0 Å². The molecule has 0 aromatic heterocycles. The Morgan fingerprint density at radius 1 is 1.20 bits per heavy atom. The third-order valence-corrected chi connectivity index (χ3v) is 1.54. The SMILES string of the molecule is C=C/C=C/CCCCCCl. The van der Waals surface area contributed by atoms with Gasteiger partial charge in [0.2, 0.25) is 0 Å². The van der Waals surface area contributed by atoms with Crippen LogP contribution in [0.15, 0.2) is 24.8 Å². The van der Waals surface area contributed by atoms with Gasteiger partial charge in [-0.1, -0.05) is 31.2 Å². The average molecular weight is 159 g/mol. The van der Waals surface area contributed by atoms with E-state index in [1.807, 2.05) is 12.2 Å². The minimum Gasteiger partial charge on any atom is -0.127 e. The van der Waals surface area contributed by atoms with Crippen molar-refractivity contribution < 1.29 is 0 Å². The van der Waals surface area contributed by atoms with Crippen LogP contribution in [0.3, 0.4) is 0 Å². The maximum atomic E-state index is 5.51. The van der Waals surface area contributed by atoms with E-state index in [2.05, 4.69) is 12.7 Å². The average Bonchev–Trinajstić information content (AvgIpc) is 1.97. The number of unbranched alkanes of at least 4 members (excludes halogenated alkanes) is 3. The van der Waals surface area contributed by atoms with E-state index in [-0.39, 0.29) is 0 Å². The Morgan fingerprint density at radius 2 is 2.00 bits per heavy atom. The van der Waals surface area contributed by atoms with Gasteiger partial charge >= 0.3 is 0 Å². The van der Waals surface area contributed by atoms with Crippen LogP contribution in [-0.4, -0.2) is 5.88 Å². The van der Waals surface area contributed by atoms with Crippen molar-refractivity contribution >= 4 is 11.6 Å². The lowest BCUT2D eigenvalue weighted by Crippen LogP contribution is -1.75. The van der Waals surface area contributed by atoms with Crippen LogP contribution in [0.25, 0.3) is 0 Å². The first kappa shape index (κ1) is 9.77. The van der Waals surface area contributed by atoms with Crippen molar-refractivity contribution in [3.05, 3.63) is 24.8 Å². The number of halogens is 1. The van der Waals surface area contributed by atoms with Crippen LogP contribution >= 0.6 is 11.6 Å². The molecule has 1 heteroatoms. The summed E-state index contributed by atoms with van der Waals surface area (Å²) in [7, 11) is 0. The minimum atomic E-state index is 0.797. The first-order valence-electron chi connectivity index (χ1n) is 3.75. The molecule has 0 rings (SSSR count). The summed E-state index contributed by atoms with van der Waals surface area (Å²) < 4.78 is 0. The van der Waals surface area contributed by atoms with Gasteiger partial charge in [-0.2, -0.15) is 0 Å². The van der Waals surface area contributed by atoms with Gasteiger partial charge in [-0.3, -0.25) is 0 Å². The van der Waals surface area contributed by atoms with Crippen LogP contribution in [0.4, 0.5) is 0 Å². The molecule has 0 nitrogen and oxygen atoms in total. The molecule has 10 heavy (non-hydrogen) atoms. The molecule has 0 heterocycles. The van der Waals surface area contributed by atoms with Crippen molar-refractivity contribution in [3.63, 3.8) is 0 Å². The summed E-state index contributed by atoms with van der Waals surface area (Å²) in [5.41, 5.74) is 0. The Balaban J connectivity index is 2.90.